The first kappa shape index (κ1) is 49.7. The maximum atomic E-state index is 14.2. The van der Waals surface area contributed by atoms with Gasteiger partial charge in [-0.3, -0.25) is 19.2 Å². The molecule has 2 amide bonds. The number of aromatic hydroxyl groups is 3. The van der Waals surface area contributed by atoms with E-state index in [9.17, 15) is 69.9 Å². The molecule has 0 spiro atoms. The lowest BCUT2D eigenvalue weighted by Crippen LogP contribution is -2.66. The van der Waals surface area contributed by atoms with E-state index in [-0.39, 0.29) is 34.6 Å². The lowest BCUT2D eigenvalue weighted by atomic mass is 9.74. The number of ketones is 2. The number of amides is 2. The van der Waals surface area contributed by atoms with Crippen molar-refractivity contribution in [2.45, 2.75) is 87.9 Å². The number of benzene rings is 4. The van der Waals surface area contributed by atoms with Crippen molar-refractivity contribution in [1.29, 1.82) is 0 Å². The molecule has 9 N–H and O–H groups in total. The molecule has 0 unspecified atom stereocenters. The third kappa shape index (κ3) is 8.56. The van der Waals surface area contributed by atoms with Crippen LogP contribution < -0.4 is 4.74 Å². The number of aryl methyl sites for hydroxylation is 1. The number of aliphatic hydroxyl groups is 5. The number of phenolic OH excluding ortho intramolecular Hbond substituents is 3. The third-order valence-corrected chi connectivity index (χ3v) is 13.0. The second kappa shape index (κ2) is 19.2. The summed E-state index contributed by atoms with van der Waals surface area (Å²) in [7, 11) is 3.74. The summed E-state index contributed by atoms with van der Waals surface area (Å²) in [5, 5.41) is 101. The number of nitrogens with zero attached hydrogens (tertiary/aromatic N) is 2. The fraction of sp³-hybridized carbons (Fsp3) is 0.396. The molecule has 2 fully saturated rings. The molecule has 2 heterocycles. The minimum absolute atomic E-state index is 0.00233. The molecule has 0 aromatic heterocycles. The lowest BCUT2D eigenvalue weighted by Gasteiger charge is -2.49. The van der Waals surface area contributed by atoms with E-state index in [1.165, 1.54) is 40.1 Å². The Balaban J connectivity index is 1.23. The molecule has 4 aromatic rings. The van der Waals surface area contributed by atoms with Gasteiger partial charge < -0.3 is 84.2 Å². The highest BCUT2D eigenvalue weighted by atomic mass is 16.7. The Morgan fingerprint density at radius 2 is 1.44 bits per heavy atom. The van der Waals surface area contributed by atoms with E-state index in [0.717, 1.165) is 29.0 Å². The van der Waals surface area contributed by atoms with Crippen molar-refractivity contribution in [2.24, 2.45) is 0 Å². The number of rotatable bonds is 11. The van der Waals surface area contributed by atoms with Gasteiger partial charge in [0.1, 0.15) is 78.9 Å². The predicted octanol–water partition coefficient (Wildman–Crippen LogP) is 1.39. The number of carboxylic acids is 1. The number of likely N-dealkylation sites (N-methyl/N-ethyl adjacent to an activating group) is 2. The van der Waals surface area contributed by atoms with Crippen LogP contribution >= 0.6 is 0 Å². The summed E-state index contributed by atoms with van der Waals surface area (Å²) < 4.78 is 35.0. The van der Waals surface area contributed by atoms with Gasteiger partial charge >= 0.3 is 12.1 Å². The standard InChI is InChI=1S/C48H50N2O20/c1-18-11-25-32(39(59)29(18)45(63)49(3)15-28(53)54)31-23(14-24-33(40(31)60)36(56)22-12-21(65-5)13-26(51)30(22)35(24)55)37(57)43(25)69-47-42(62)44(70-46-41(61)38(58)27(52)17-66-46)34(19(2)68-47)50(4)48(64)67-16-20-9-7-6-8-10-20/h6-14,19,27,34,37-38,41-44,46-47,51-52,57-62H,15-17H2,1-5H3,(H,53,54)/t19-,27-,34+,37+,38+,41-,42-,43+,44+,46+,47+/m1/s1. The van der Waals surface area contributed by atoms with E-state index in [4.69, 9.17) is 28.4 Å². The number of hydrogen-bond acceptors (Lipinski definition) is 19. The van der Waals surface area contributed by atoms with E-state index in [0.29, 0.717) is 5.56 Å². The average molecular weight is 975 g/mol. The topological polar surface area (TPSA) is 329 Å². The molecular weight excluding hydrogens is 925 g/mol. The summed E-state index contributed by atoms with van der Waals surface area (Å²) in [4.78, 5) is 69.4. The molecule has 2 aliphatic heterocycles. The van der Waals surface area contributed by atoms with Crippen LogP contribution in [0.5, 0.6) is 23.0 Å². The maximum absolute atomic E-state index is 14.2. The van der Waals surface area contributed by atoms with Gasteiger partial charge in [0.05, 0.1) is 42.6 Å². The van der Waals surface area contributed by atoms with Crippen LogP contribution in [-0.4, -0.2) is 175 Å². The molecule has 2 saturated heterocycles. The van der Waals surface area contributed by atoms with Crippen molar-refractivity contribution in [3.8, 4) is 34.1 Å². The molecule has 0 radical (unpaired) electrons. The van der Waals surface area contributed by atoms with Crippen molar-refractivity contribution in [3.63, 3.8) is 0 Å². The number of methoxy groups -OCH3 is 1. The van der Waals surface area contributed by atoms with Gasteiger partial charge in [0.2, 0.25) is 0 Å². The molecule has 22 nitrogen and oxygen atoms in total. The molecule has 4 aliphatic rings. The highest BCUT2D eigenvalue weighted by molar-refractivity contribution is 6.31. The predicted molar refractivity (Wildman–Crippen MR) is 236 cm³/mol. The van der Waals surface area contributed by atoms with E-state index in [1.54, 1.807) is 30.3 Å². The zero-order valence-electron chi connectivity index (χ0n) is 38.1. The number of carboxylic acid groups (broad SMARTS) is 1. The summed E-state index contributed by atoms with van der Waals surface area (Å²) in [6.45, 7) is 1.38. The van der Waals surface area contributed by atoms with Crippen molar-refractivity contribution in [1.82, 2.24) is 9.80 Å². The molecule has 0 saturated carbocycles. The molecule has 70 heavy (non-hydrogen) atoms. The summed E-state index contributed by atoms with van der Waals surface area (Å²) in [5.74, 6) is -6.75. The first-order valence-electron chi connectivity index (χ1n) is 21.8. The van der Waals surface area contributed by atoms with Gasteiger partial charge in [0, 0.05) is 42.4 Å². The van der Waals surface area contributed by atoms with Crippen molar-refractivity contribution >= 4 is 29.5 Å². The first-order valence-corrected chi connectivity index (χ1v) is 21.8. The Morgan fingerprint density at radius 1 is 0.786 bits per heavy atom. The minimum atomic E-state index is -2.00. The Labute approximate surface area is 397 Å². The van der Waals surface area contributed by atoms with Gasteiger partial charge in [-0.25, -0.2) is 4.79 Å². The molecule has 11 atom stereocenters. The highest BCUT2D eigenvalue weighted by Crippen LogP contribution is 2.57. The van der Waals surface area contributed by atoms with Crippen LogP contribution in [0.1, 0.15) is 83.6 Å². The number of carbonyl (C=O) groups excluding carboxylic acids is 4. The largest absolute Gasteiger partial charge is 0.507 e. The Bertz CT molecular complexity index is 2770. The van der Waals surface area contributed by atoms with Gasteiger partial charge in [-0.05, 0) is 48.2 Å². The zero-order valence-corrected chi connectivity index (χ0v) is 38.1. The minimum Gasteiger partial charge on any atom is -0.507 e. The second-order valence-corrected chi connectivity index (χ2v) is 17.5. The molecular formula is C48H50N2O20. The van der Waals surface area contributed by atoms with Gasteiger partial charge in [-0.1, -0.05) is 36.4 Å². The molecule has 8 rings (SSSR count). The number of ether oxygens (including phenoxy) is 6. The maximum Gasteiger partial charge on any atom is 0.410 e. The Kier molecular flexibility index (Phi) is 13.6. The molecule has 4 aromatic carbocycles. The van der Waals surface area contributed by atoms with Crippen LogP contribution in [-0.2, 0) is 35.1 Å². The van der Waals surface area contributed by atoms with Crippen molar-refractivity contribution in [2.75, 3.05) is 34.4 Å². The third-order valence-electron chi connectivity index (χ3n) is 13.0. The molecule has 2 aliphatic carbocycles. The van der Waals surface area contributed by atoms with Crippen molar-refractivity contribution in [3.05, 3.63) is 105 Å². The number of carbonyl (C=O) groups is 5. The fourth-order valence-corrected chi connectivity index (χ4v) is 9.48. The van der Waals surface area contributed by atoms with Gasteiger partial charge in [0.25, 0.3) is 5.91 Å². The fourth-order valence-electron chi connectivity index (χ4n) is 9.48. The number of hydrogen-bond donors (Lipinski definition) is 9. The van der Waals surface area contributed by atoms with Crippen LogP contribution in [0.3, 0.4) is 0 Å². The number of fused-ring (bicyclic) bond motifs is 5. The van der Waals surface area contributed by atoms with Crippen LogP contribution in [0.4, 0.5) is 4.79 Å². The van der Waals surface area contributed by atoms with E-state index in [2.05, 4.69) is 0 Å². The van der Waals surface area contributed by atoms with Crippen LogP contribution in [0.15, 0.2) is 54.6 Å². The molecule has 372 valence electrons. The summed E-state index contributed by atoms with van der Waals surface area (Å²) in [5.41, 5.74) is -3.08. The summed E-state index contributed by atoms with van der Waals surface area (Å²) in [6, 6.07) is 12.0. The van der Waals surface area contributed by atoms with Crippen LogP contribution in [0.25, 0.3) is 11.1 Å². The SMILES string of the molecule is COc1cc(O)c2c(c1)C(=O)c1c(cc3c(c1O)-c1c(cc(C)c(C(=O)N(C)CC(=O)O)c1O)[C@H](O[C@@H]1O[C@H](C)[C@H](N(C)C(=O)OCc4ccccc4)[C@H](O[C@@H]4OC[C@@H](O)[C@H](O)[C@H]4O)[C@H]1O)[C@H]3O)C2=O. The lowest BCUT2D eigenvalue weighted by molar-refractivity contribution is -0.344. The first-order chi connectivity index (χ1) is 33.2. The number of phenols is 3. The number of aliphatic carboxylic acids is 1. The highest BCUT2D eigenvalue weighted by Gasteiger charge is 2.53. The van der Waals surface area contributed by atoms with Gasteiger partial charge in [-0.15, -0.1) is 0 Å². The Hall–Kier alpha value is -6.73. The monoisotopic (exact) mass is 974 g/mol. The van der Waals surface area contributed by atoms with E-state index >= 15 is 0 Å². The average Bonchev–Trinajstić information content (AvgIpc) is 3.32. The quantitative estimate of drug-likeness (QED) is 0.0903. The summed E-state index contributed by atoms with van der Waals surface area (Å²) >= 11 is 0. The normalized spacial score (nSPS) is 26.8. The van der Waals surface area contributed by atoms with E-state index in [1.807, 2.05) is 0 Å². The smallest absolute Gasteiger partial charge is 0.410 e. The van der Waals surface area contributed by atoms with Gasteiger partial charge in [0.15, 0.2) is 24.1 Å². The zero-order chi connectivity index (χ0) is 50.8. The van der Waals surface area contributed by atoms with E-state index < -0.39 is 161 Å². The Morgan fingerprint density at radius 3 is 2.11 bits per heavy atom. The molecule has 22 heteroatoms. The van der Waals surface area contributed by atoms with Crippen LogP contribution in [0.2, 0.25) is 0 Å². The van der Waals surface area contributed by atoms with Gasteiger partial charge in [-0.2, -0.15) is 0 Å². The summed E-state index contributed by atoms with van der Waals surface area (Å²) in [6.07, 6.45) is -18.3. The second-order valence-electron chi connectivity index (χ2n) is 17.5. The van der Waals surface area contributed by atoms with Crippen LogP contribution in [0, 0.1) is 6.92 Å². The molecule has 0 bridgehead atoms. The van der Waals surface area contributed by atoms with Crippen molar-refractivity contribution < 1.29 is 98.4 Å². The number of aliphatic hydroxyl groups excluding tert-OH is 5.